The zero-order valence-electron chi connectivity index (χ0n) is 13.5. The number of carbonyl (C=O) groups is 1. The Kier molecular flexibility index (Phi) is 3.89. The molecular weight excluding hydrogens is 338 g/mol. The fourth-order valence-electron chi connectivity index (χ4n) is 2.83. The van der Waals surface area contributed by atoms with Crippen molar-refractivity contribution in [2.24, 2.45) is 0 Å². The molecule has 0 aliphatic rings. The molecule has 6 heteroatoms. The standard InChI is InChI=1S/C19H15NO4S/c1-12-11-25-19(22)20(12)9-8-18(21)23-13-6-7-17-15(10-13)14-4-2-3-5-16(14)24-17/h2-7,10-11H,8-9H2,1H3. The maximum absolute atomic E-state index is 12.1. The van der Waals surface area contributed by atoms with E-state index < -0.39 is 0 Å². The average Bonchev–Trinajstić information content (AvgIpc) is 3.13. The van der Waals surface area contributed by atoms with Crippen molar-refractivity contribution < 1.29 is 13.9 Å². The van der Waals surface area contributed by atoms with Crippen LogP contribution in [0.4, 0.5) is 0 Å². The molecule has 25 heavy (non-hydrogen) atoms. The van der Waals surface area contributed by atoms with Crippen LogP contribution in [-0.2, 0) is 11.3 Å². The monoisotopic (exact) mass is 353 g/mol. The number of fused-ring (bicyclic) bond motifs is 3. The largest absolute Gasteiger partial charge is 0.456 e. The lowest BCUT2D eigenvalue weighted by Gasteiger charge is -2.06. The van der Waals surface area contributed by atoms with E-state index in [1.807, 2.05) is 31.2 Å². The highest BCUT2D eigenvalue weighted by molar-refractivity contribution is 7.07. The van der Waals surface area contributed by atoms with Gasteiger partial charge >= 0.3 is 10.8 Å². The summed E-state index contributed by atoms with van der Waals surface area (Å²) in [6.45, 7) is 2.17. The van der Waals surface area contributed by atoms with E-state index in [1.165, 1.54) is 0 Å². The highest BCUT2D eigenvalue weighted by Crippen LogP contribution is 2.31. The molecule has 0 bridgehead atoms. The van der Waals surface area contributed by atoms with Gasteiger partial charge < -0.3 is 13.7 Å². The van der Waals surface area contributed by atoms with Crippen LogP contribution in [0, 0.1) is 6.92 Å². The van der Waals surface area contributed by atoms with Crippen molar-refractivity contribution in [3.8, 4) is 5.75 Å². The SMILES string of the molecule is Cc1csc(=O)n1CCC(=O)Oc1ccc2oc3ccccc3c2c1. The summed E-state index contributed by atoms with van der Waals surface area (Å²) >= 11 is 1.14. The van der Waals surface area contributed by atoms with Gasteiger partial charge in [-0.1, -0.05) is 29.5 Å². The van der Waals surface area contributed by atoms with Gasteiger partial charge in [-0.05, 0) is 31.2 Å². The second-order valence-electron chi connectivity index (χ2n) is 5.77. The molecule has 2 aromatic heterocycles. The van der Waals surface area contributed by atoms with Gasteiger partial charge in [-0.3, -0.25) is 9.59 Å². The zero-order valence-corrected chi connectivity index (χ0v) is 14.3. The molecule has 0 N–H and O–H groups in total. The van der Waals surface area contributed by atoms with Gasteiger partial charge in [0.1, 0.15) is 16.9 Å². The Hall–Kier alpha value is -2.86. The Morgan fingerprint density at radius 1 is 1.16 bits per heavy atom. The number of nitrogens with zero attached hydrogens (tertiary/aromatic N) is 1. The Bertz CT molecular complexity index is 1140. The predicted octanol–water partition coefficient (Wildman–Crippen LogP) is 4.11. The molecule has 0 spiro atoms. The van der Waals surface area contributed by atoms with Crippen molar-refractivity contribution in [3.05, 3.63) is 63.2 Å². The minimum absolute atomic E-state index is 0.0587. The molecule has 0 amide bonds. The molecule has 0 aliphatic carbocycles. The molecule has 4 aromatic rings. The number of aromatic nitrogens is 1. The fraction of sp³-hybridized carbons (Fsp3) is 0.158. The normalized spacial score (nSPS) is 11.2. The van der Waals surface area contributed by atoms with E-state index in [0.717, 1.165) is 39.0 Å². The number of esters is 1. The first kappa shape index (κ1) is 15.7. The van der Waals surface area contributed by atoms with E-state index in [-0.39, 0.29) is 17.3 Å². The van der Waals surface area contributed by atoms with Gasteiger partial charge in [-0.2, -0.15) is 0 Å². The van der Waals surface area contributed by atoms with E-state index in [0.29, 0.717) is 12.3 Å². The third kappa shape index (κ3) is 2.96. The van der Waals surface area contributed by atoms with Crippen LogP contribution in [0.15, 0.2) is 57.1 Å². The first-order valence-corrected chi connectivity index (χ1v) is 8.77. The first-order chi connectivity index (χ1) is 12.1. The smallest absolute Gasteiger partial charge is 0.312 e. The fourth-order valence-corrected chi connectivity index (χ4v) is 3.59. The molecule has 0 saturated heterocycles. The molecule has 126 valence electrons. The summed E-state index contributed by atoms with van der Waals surface area (Å²) in [4.78, 5) is 23.7. The molecule has 0 radical (unpaired) electrons. The van der Waals surface area contributed by atoms with E-state index in [1.54, 1.807) is 28.1 Å². The lowest BCUT2D eigenvalue weighted by Crippen LogP contribution is -2.19. The molecule has 0 aliphatic heterocycles. The van der Waals surface area contributed by atoms with Crippen LogP contribution in [0.3, 0.4) is 0 Å². The van der Waals surface area contributed by atoms with Gasteiger partial charge in [0.2, 0.25) is 0 Å². The van der Waals surface area contributed by atoms with Crippen LogP contribution in [0.25, 0.3) is 21.9 Å². The number of hydrogen-bond donors (Lipinski definition) is 0. The molecule has 2 aromatic carbocycles. The number of benzene rings is 2. The maximum Gasteiger partial charge on any atom is 0.312 e. The number of para-hydroxylation sites is 1. The van der Waals surface area contributed by atoms with Gasteiger partial charge in [-0.25, -0.2) is 0 Å². The average molecular weight is 353 g/mol. The van der Waals surface area contributed by atoms with E-state index in [9.17, 15) is 9.59 Å². The molecule has 0 fully saturated rings. The van der Waals surface area contributed by atoms with E-state index >= 15 is 0 Å². The number of hydrogen-bond acceptors (Lipinski definition) is 5. The summed E-state index contributed by atoms with van der Waals surface area (Å²) in [5.74, 6) is 0.100. The Labute approximate surface area is 147 Å². The minimum Gasteiger partial charge on any atom is -0.456 e. The number of furan rings is 1. The van der Waals surface area contributed by atoms with Crippen molar-refractivity contribution in [2.45, 2.75) is 19.9 Å². The molecular formula is C19H15NO4S. The number of rotatable bonds is 4. The van der Waals surface area contributed by atoms with Crippen molar-refractivity contribution >= 4 is 39.2 Å². The van der Waals surface area contributed by atoms with Gasteiger partial charge in [-0.15, -0.1) is 0 Å². The predicted molar refractivity (Wildman–Crippen MR) is 97.3 cm³/mol. The highest BCUT2D eigenvalue weighted by Gasteiger charge is 2.11. The maximum atomic E-state index is 12.1. The topological polar surface area (TPSA) is 61.4 Å². The minimum atomic E-state index is -0.371. The number of carbonyl (C=O) groups excluding carboxylic acids is 1. The van der Waals surface area contributed by atoms with Gasteiger partial charge in [0.05, 0.1) is 6.42 Å². The molecule has 0 saturated carbocycles. The summed E-state index contributed by atoms with van der Waals surface area (Å²) < 4.78 is 12.8. The van der Waals surface area contributed by atoms with Crippen LogP contribution in [0.1, 0.15) is 12.1 Å². The lowest BCUT2D eigenvalue weighted by atomic mass is 10.1. The summed E-state index contributed by atoms with van der Waals surface area (Å²) in [6, 6.07) is 13.1. The van der Waals surface area contributed by atoms with Crippen molar-refractivity contribution in [2.75, 3.05) is 0 Å². The van der Waals surface area contributed by atoms with Crippen LogP contribution in [-0.4, -0.2) is 10.5 Å². The molecule has 2 heterocycles. The second-order valence-corrected chi connectivity index (χ2v) is 6.60. The Morgan fingerprint density at radius 3 is 2.76 bits per heavy atom. The van der Waals surface area contributed by atoms with Crippen LogP contribution in [0.2, 0.25) is 0 Å². The third-order valence-corrected chi connectivity index (χ3v) is 4.98. The van der Waals surface area contributed by atoms with Crippen LogP contribution >= 0.6 is 11.3 Å². The number of thiazole rings is 1. The summed E-state index contributed by atoms with van der Waals surface area (Å²) in [5.41, 5.74) is 2.41. The molecule has 4 rings (SSSR count). The number of aryl methyl sites for hydroxylation is 1. The quantitative estimate of drug-likeness (QED) is 0.409. The van der Waals surface area contributed by atoms with Crippen molar-refractivity contribution in [3.63, 3.8) is 0 Å². The lowest BCUT2D eigenvalue weighted by molar-refractivity contribution is -0.134. The Balaban J connectivity index is 1.53. The molecule has 0 atom stereocenters. The molecule has 0 unspecified atom stereocenters. The summed E-state index contributed by atoms with van der Waals surface area (Å²) in [7, 11) is 0. The third-order valence-electron chi connectivity index (χ3n) is 4.10. The summed E-state index contributed by atoms with van der Waals surface area (Å²) in [5, 5.41) is 3.67. The van der Waals surface area contributed by atoms with Gasteiger partial charge in [0.25, 0.3) is 0 Å². The van der Waals surface area contributed by atoms with Crippen LogP contribution in [0.5, 0.6) is 5.75 Å². The molecule has 5 nitrogen and oxygen atoms in total. The highest BCUT2D eigenvalue weighted by atomic mass is 32.1. The van der Waals surface area contributed by atoms with Crippen LogP contribution < -0.4 is 9.61 Å². The van der Waals surface area contributed by atoms with E-state index in [2.05, 4.69) is 0 Å². The zero-order chi connectivity index (χ0) is 17.4. The second kappa shape index (κ2) is 6.22. The van der Waals surface area contributed by atoms with Crippen molar-refractivity contribution in [1.82, 2.24) is 4.57 Å². The number of ether oxygens (including phenoxy) is 1. The first-order valence-electron chi connectivity index (χ1n) is 7.89. The summed E-state index contributed by atoms with van der Waals surface area (Å²) in [6.07, 6.45) is 0.141. The van der Waals surface area contributed by atoms with Gasteiger partial charge in [0, 0.05) is 28.4 Å². The Morgan fingerprint density at radius 2 is 1.96 bits per heavy atom. The van der Waals surface area contributed by atoms with Gasteiger partial charge in [0.15, 0.2) is 0 Å². The van der Waals surface area contributed by atoms with Crippen molar-refractivity contribution in [1.29, 1.82) is 0 Å². The van der Waals surface area contributed by atoms with E-state index in [4.69, 9.17) is 9.15 Å².